The van der Waals surface area contributed by atoms with Gasteiger partial charge in [-0.05, 0) is 29.8 Å². The summed E-state index contributed by atoms with van der Waals surface area (Å²) in [4.78, 5) is 10.0. The number of rotatable bonds is 6. The van der Waals surface area contributed by atoms with Crippen molar-refractivity contribution in [2.75, 3.05) is 18.5 Å². The molecule has 0 spiro atoms. The number of thiophene rings is 1. The minimum absolute atomic E-state index is 0.0107. The number of aromatic nitrogens is 4. The Labute approximate surface area is 186 Å². The van der Waals surface area contributed by atoms with Gasteiger partial charge in [0.2, 0.25) is 0 Å². The van der Waals surface area contributed by atoms with Crippen LogP contribution in [0.1, 0.15) is 5.56 Å². The smallest absolute Gasteiger partial charge is 0.166 e. The molecule has 0 amide bonds. The van der Waals surface area contributed by atoms with E-state index in [0.29, 0.717) is 44.9 Å². The van der Waals surface area contributed by atoms with Crippen LogP contribution < -0.4 is 5.32 Å². The highest BCUT2D eigenvalue weighted by atomic mass is 35.5. The number of anilines is 1. The summed E-state index contributed by atoms with van der Waals surface area (Å²) in [6.07, 6.45) is 3.07. The van der Waals surface area contributed by atoms with Gasteiger partial charge >= 0.3 is 0 Å². The molecule has 7 nitrogen and oxygen atoms in total. The number of pyridine rings is 1. The topological polar surface area (TPSA) is 111 Å². The maximum absolute atomic E-state index is 10.1. The molecular formula is C20H14Cl2N6OS. The first-order valence-corrected chi connectivity index (χ1v) is 10.4. The third-order valence-corrected chi connectivity index (χ3v) is 6.08. The van der Waals surface area contributed by atoms with Crippen LogP contribution >= 0.6 is 34.5 Å². The highest BCUT2D eigenvalue weighted by Gasteiger charge is 2.25. The van der Waals surface area contributed by atoms with E-state index < -0.39 is 0 Å². The van der Waals surface area contributed by atoms with Crippen molar-refractivity contribution >= 4 is 40.4 Å². The lowest BCUT2D eigenvalue weighted by Crippen LogP contribution is -2.06. The average molecular weight is 457 g/mol. The molecule has 10 heteroatoms. The van der Waals surface area contributed by atoms with Crippen LogP contribution in [-0.2, 0) is 0 Å². The van der Waals surface area contributed by atoms with Crippen LogP contribution in [0, 0.1) is 11.3 Å². The molecule has 0 aliphatic rings. The number of H-pyrrole nitrogens is 1. The van der Waals surface area contributed by atoms with Crippen molar-refractivity contribution in [2.45, 2.75) is 0 Å². The van der Waals surface area contributed by atoms with Gasteiger partial charge in [0.1, 0.15) is 18.2 Å². The van der Waals surface area contributed by atoms with E-state index in [-0.39, 0.29) is 6.61 Å². The molecule has 150 valence electrons. The minimum Gasteiger partial charge on any atom is -0.395 e. The summed E-state index contributed by atoms with van der Waals surface area (Å²) in [5, 5.41) is 29.9. The number of nitrogens with one attached hydrogen (secondary N) is 2. The largest absolute Gasteiger partial charge is 0.395 e. The molecular weight excluding hydrogens is 443 g/mol. The van der Waals surface area contributed by atoms with Gasteiger partial charge in [-0.25, -0.2) is 9.97 Å². The molecule has 4 aromatic rings. The normalized spacial score (nSPS) is 10.7. The van der Waals surface area contributed by atoms with Gasteiger partial charge in [-0.2, -0.15) is 10.4 Å². The molecule has 3 N–H and O–H groups in total. The number of hydrogen-bond acceptors (Lipinski definition) is 7. The molecule has 0 atom stereocenters. The van der Waals surface area contributed by atoms with Crippen LogP contribution in [0.5, 0.6) is 0 Å². The maximum Gasteiger partial charge on any atom is 0.166 e. The van der Waals surface area contributed by atoms with Crippen molar-refractivity contribution in [2.24, 2.45) is 0 Å². The van der Waals surface area contributed by atoms with E-state index in [0.717, 1.165) is 15.3 Å². The molecule has 1 aromatic carbocycles. The summed E-state index contributed by atoms with van der Waals surface area (Å²) in [6.45, 7) is 0.365. The third-order valence-electron chi connectivity index (χ3n) is 4.29. The first kappa shape index (κ1) is 20.3. The first-order chi connectivity index (χ1) is 14.6. The van der Waals surface area contributed by atoms with Crippen molar-refractivity contribution < 1.29 is 5.11 Å². The number of aromatic amines is 1. The fourth-order valence-electron chi connectivity index (χ4n) is 3.02. The standard InChI is InChI=1S/C20H14Cl2N6OS/c21-12-1-2-13(15(22)8-12)17-14(9-23)18(30-19(17)20-26-10-27-28-20)11-3-4-24-16(7-11)25-5-6-29/h1-4,7-8,10,29H,5-6H2,(H,24,25)(H,26,27,28). The zero-order valence-corrected chi connectivity index (χ0v) is 17.7. The Bertz CT molecular complexity index is 1230. The molecule has 30 heavy (non-hydrogen) atoms. The Morgan fingerprint density at radius 3 is 2.73 bits per heavy atom. The van der Waals surface area contributed by atoms with Crippen LogP contribution in [-0.4, -0.2) is 38.4 Å². The molecule has 0 radical (unpaired) electrons. The molecule has 0 aliphatic heterocycles. The van der Waals surface area contributed by atoms with E-state index >= 15 is 0 Å². The fourth-order valence-corrected chi connectivity index (χ4v) is 4.74. The number of aliphatic hydroxyl groups excluding tert-OH is 1. The summed E-state index contributed by atoms with van der Waals surface area (Å²) in [5.41, 5.74) is 2.62. The van der Waals surface area contributed by atoms with Crippen molar-refractivity contribution in [3.63, 3.8) is 0 Å². The predicted molar refractivity (Wildman–Crippen MR) is 119 cm³/mol. The van der Waals surface area contributed by atoms with Gasteiger partial charge in [0.15, 0.2) is 5.82 Å². The predicted octanol–water partition coefficient (Wildman–Crippen LogP) is 4.84. The molecule has 0 saturated heterocycles. The van der Waals surface area contributed by atoms with Gasteiger partial charge < -0.3 is 10.4 Å². The second kappa shape index (κ2) is 8.81. The molecule has 3 heterocycles. The van der Waals surface area contributed by atoms with E-state index in [9.17, 15) is 5.26 Å². The number of nitrogens with zero attached hydrogens (tertiary/aromatic N) is 4. The van der Waals surface area contributed by atoms with E-state index in [2.05, 4.69) is 31.6 Å². The Balaban J connectivity index is 1.95. The van der Waals surface area contributed by atoms with Gasteiger partial charge in [-0.1, -0.05) is 29.3 Å². The summed E-state index contributed by atoms with van der Waals surface area (Å²) >= 11 is 14.0. The number of nitriles is 1. The van der Waals surface area contributed by atoms with Gasteiger partial charge in [0, 0.05) is 33.9 Å². The monoisotopic (exact) mass is 456 g/mol. The van der Waals surface area contributed by atoms with Gasteiger partial charge in [0.05, 0.1) is 21.9 Å². The number of hydrogen-bond donors (Lipinski definition) is 3. The summed E-state index contributed by atoms with van der Waals surface area (Å²) in [6, 6.07) is 11.1. The first-order valence-electron chi connectivity index (χ1n) is 8.81. The lowest BCUT2D eigenvalue weighted by molar-refractivity contribution is 0.311. The lowest BCUT2D eigenvalue weighted by Gasteiger charge is -2.07. The van der Waals surface area contributed by atoms with Crippen molar-refractivity contribution in [1.29, 1.82) is 5.26 Å². The molecule has 0 unspecified atom stereocenters. The molecule has 3 aromatic heterocycles. The van der Waals surface area contributed by atoms with E-state index in [1.807, 2.05) is 12.1 Å². The molecule has 4 rings (SSSR count). The number of benzene rings is 1. The Hall–Kier alpha value is -2.96. The van der Waals surface area contributed by atoms with E-state index in [4.69, 9.17) is 28.3 Å². The third kappa shape index (κ3) is 3.88. The van der Waals surface area contributed by atoms with Crippen molar-refractivity contribution in [1.82, 2.24) is 20.2 Å². The van der Waals surface area contributed by atoms with E-state index in [1.54, 1.807) is 24.4 Å². The molecule has 0 aliphatic carbocycles. The number of halogens is 2. The summed E-state index contributed by atoms with van der Waals surface area (Å²) < 4.78 is 0. The average Bonchev–Trinajstić information content (AvgIpc) is 3.40. The van der Waals surface area contributed by atoms with Crippen LogP contribution in [0.15, 0.2) is 42.9 Å². The second-order valence-electron chi connectivity index (χ2n) is 6.16. The summed E-state index contributed by atoms with van der Waals surface area (Å²) in [7, 11) is 0. The van der Waals surface area contributed by atoms with Gasteiger partial charge in [-0.3, -0.25) is 5.10 Å². The summed E-state index contributed by atoms with van der Waals surface area (Å²) in [5.74, 6) is 1.14. The molecule has 0 saturated carbocycles. The van der Waals surface area contributed by atoms with E-state index in [1.165, 1.54) is 17.7 Å². The van der Waals surface area contributed by atoms with Crippen molar-refractivity contribution in [3.05, 3.63) is 58.5 Å². The highest BCUT2D eigenvalue weighted by Crippen LogP contribution is 2.48. The Morgan fingerprint density at radius 2 is 2.03 bits per heavy atom. The molecule has 0 fully saturated rings. The minimum atomic E-state index is -0.0107. The van der Waals surface area contributed by atoms with Crippen LogP contribution in [0.4, 0.5) is 5.82 Å². The Kier molecular flexibility index (Phi) is 5.97. The van der Waals surface area contributed by atoms with Crippen molar-refractivity contribution in [3.8, 4) is 38.3 Å². The van der Waals surface area contributed by atoms with Gasteiger partial charge in [0.25, 0.3) is 0 Å². The Morgan fingerprint density at radius 1 is 1.17 bits per heavy atom. The zero-order chi connectivity index (χ0) is 21.1. The van der Waals surface area contributed by atoms with Crippen LogP contribution in [0.25, 0.3) is 32.3 Å². The maximum atomic E-state index is 10.1. The van der Waals surface area contributed by atoms with Crippen LogP contribution in [0.2, 0.25) is 10.0 Å². The van der Waals surface area contributed by atoms with Crippen LogP contribution in [0.3, 0.4) is 0 Å². The van der Waals surface area contributed by atoms with Gasteiger partial charge in [-0.15, -0.1) is 11.3 Å². The number of aliphatic hydroxyl groups is 1. The highest BCUT2D eigenvalue weighted by molar-refractivity contribution is 7.19. The SMILES string of the molecule is N#Cc1c(-c2ccnc(NCCO)c2)sc(-c2ncn[nH]2)c1-c1ccc(Cl)cc1Cl. The molecule has 0 bridgehead atoms. The lowest BCUT2D eigenvalue weighted by atomic mass is 9.98. The zero-order valence-electron chi connectivity index (χ0n) is 15.4. The fraction of sp³-hybridized carbons (Fsp3) is 0.100. The quantitative estimate of drug-likeness (QED) is 0.382. The second-order valence-corrected chi connectivity index (χ2v) is 8.02.